The number of rotatable bonds is 5. The van der Waals surface area contributed by atoms with E-state index in [1.807, 2.05) is 12.1 Å². The van der Waals surface area contributed by atoms with Gasteiger partial charge in [0.1, 0.15) is 5.75 Å². The van der Waals surface area contributed by atoms with Gasteiger partial charge in [-0.05, 0) is 62.1 Å². The molecule has 1 aliphatic carbocycles. The van der Waals surface area contributed by atoms with Gasteiger partial charge in [-0.15, -0.1) is 0 Å². The summed E-state index contributed by atoms with van der Waals surface area (Å²) in [7, 11) is -3.51. The van der Waals surface area contributed by atoms with Crippen LogP contribution in [0.15, 0.2) is 59.5 Å². The smallest absolute Gasteiger partial charge is 0.253 e. The topological polar surface area (TPSA) is 66.9 Å². The van der Waals surface area contributed by atoms with Crippen LogP contribution in [0.5, 0.6) is 5.75 Å². The van der Waals surface area contributed by atoms with E-state index in [0.29, 0.717) is 31.7 Å². The molecule has 1 saturated carbocycles. The molecule has 2 aliphatic rings. The fourth-order valence-corrected chi connectivity index (χ4v) is 5.37. The molecule has 29 heavy (non-hydrogen) atoms. The number of amides is 1. The number of carbonyl (C=O) groups excluding carboxylic acids is 1. The van der Waals surface area contributed by atoms with Crippen LogP contribution in [-0.2, 0) is 10.0 Å². The Hall–Kier alpha value is -2.38. The lowest BCUT2D eigenvalue weighted by Crippen LogP contribution is -2.50. The molecule has 0 spiro atoms. The zero-order chi connectivity index (χ0) is 20.3. The van der Waals surface area contributed by atoms with Crippen LogP contribution in [0.3, 0.4) is 0 Å². The number of hydrogen-bond donors (Lipinski definition) is 0. The average molecular weight is 415 g/mol. The van der Waals surface area contributed by atoms with Crippen LogP contribution in [0.1, 0.15) is 36.0 Å². The summed E-state index contributed by atoms with van der Waals surface area (Å²) < 4.78 is 32.8. The van der Waals surface area contributed by atoms with Crippen molar-refractivity contribution in [2.75, 3.05) is 26.2 Å². The summed E-state index contributed by atoms with van der Waals surface area (Å²) in [6.45, 7) is 1.36. The van der Waals surface area contributed by atoms with Crippen molar-refractivity contribution in [3.63, 3.8) is 0 Å². The molecule has 0 radical (unpaired) electrons. The van der Waals surface area contributed by atoms with Gasteiger partial charge in [0.2, 0.25) is 10.0 Å². The average Bonchev–Trinajstić information content (AvgIpc) is 3.27. The molecule has 2 aromatic rings. The Bertz CT molecular complexity index is 931. The van der Waals surface area contributed by atoms with E-state index in [4.69, 9.17) is 4.74 Å². The summed E-state index contributed by atoms with van der Waals surface area (Å²) in [5.74, 6) is 0.724. The van der Waals surface area contributed by atoms with Gasteiger partial charge in [-0.3, -0.25) is 4.79 Å². The fourth-order valence-electron chi connectivity index (χ4n) is 3.93. The van der Waals surface area contributed by atoms with E-state index in [1.54, 1.807) is 47.4 Å². The summed E-state index contributed by atoms with van der Waals surface area (Å²) in [5.41, 5.74) is 0.600. The molecule has 0 atom stereocenters. The van der Waals surface area contributed by atoms with Crippen molar-refractivity contribution >= 4 is 15.9 Å². The Morgan fingerprint density at radius 2 is 1.48 bits per heavy atom. The van der Waals surface area contributed by atoms with Crippen LogP contribution >= 0.6 is 0 Å². The quantitative estimate of drug-likeness (QED) is 0.754. The first kappa shape index (κ1) is 19.9. The van der Waals surface area contributed by atoms with Crippen molar-refractivity contribution in [1.29, 1.82) is 0 Å². The van der Waals surface area contributed by atoms with Crippen LogP contribution in [0, 0.1) is 0 Å². The maximum atomic E-state index is 12.8. The molecule has 1 heterocycles. The van der Waals surface area contributed by atoms with Crippen LogP contribution < -0.4 is 4.74 Å². The Balaban J connectivity index is 1.35. The van der Waals surface area contributed by atoms with E-state index in [9.17, 15) is 13.2 Å². The van der Waals surface area contributed by atoms with Crippen LogP contribution in [0.25, 0.3) is 0 Å². The molecule has 0 unspecified atom stereocenters. The second-order valence-corrected chi connectivity index (χ2v) is 9.50. The van der Waals surface area contributed by atoms with E-state index in [-0.39, 0.29) is 16.9 Å². The third-order valence-corrected chi connectivity index (χ3v) is 7.53. The SMILES string of the molecule is O=C(c1ccc(OC2CCCC2)cc1)N1CCN(S(=O)(=O)c2ccccc2)CC1. The summed E-state index contributed by atoms with van der Waals surface area (Å²) in [4.78, 5) is 14.8. The number of nitrogens with zero attached hydrogens (tertiary/aromatic N) is 2. The summed E-state index contributed by atoms with van der Waals surface area (Å²) in [6.07, 6.45) is 4.91. The monoisotopic (exact) mass is 414 g/mol. The minimum Gasteiger partial charge on any atom is -0.490 e. The van der Waals surface area contributed by atoms with Gasteiger partial charge in [-0.1, -0.05) is 18.2 Å². The molecule has 2 fully saturated rings. The summed E-state index contributed by atoms with van der Waals surface area (Å²) in [6, 6.07) is 15.7. The van der Waals surface area contributed by atoms with E-state index in [2.05, 4.69) is 0 Å². The van der Waals surface area contributed by atoms with Crippen molar-refractivity contribution in [2.24, 2.45) is 0 Å². The zero-order valence-corrected chi connectivity index (χ0v) is 17.2. The highest BCUT2D eigenvalue weighted by molar-refractivity contribution is 7.89. The van der Waals surface area contributed by atoms with Gasteiger partial charge in [0.05, 0.1) is 11.0 Å². The maximum absolute atomic E-state index is 12.8. The molecular formula is C22H26N2O4S. The summed E-state index contributed by atoms with van der Waals surface area (Å²) >= 11 is 0. The van der Waals surface area contributed by atoms with E-state index >= 15 is 0 Å². The Morgan fingerprint density at radius 1 is 0.862 bits per heavy atom. The van der Waals surface area contributed by atoms with Gasteiger partial charge in [0.25, 0.3) is 5.91 Å². The fraction of sp³-hybridized carbons (Fsp3) is 0.409. The number of ether oxygens (including phenoxy) is 1. The number of sulfonamides is 1. The highest BCUT2D eigenvalue weighted by atomic mass is 32.2. The molecular weight excluding hydrogens is 388 g/mol. The van der Waals surface area contributed by atoms with Gasteiger partial charge in [0, 0.05) is 31.7 Å². The molecule has 0 N–H and O–H groups in total. The van der Waals surface area contributed by atoms with E-state index < -0.39 is 10.0 Å². The van der Waals surface area contributed by atoms with Gasteiger partial charge >= 0.3 is 0 Å². The van der Waals surface area contributed by atoms with Crippen LogP contribution in [0.4, 0.5) is 0 Å². The minimum absolute atomic E-state index is 0.0748. The Kier molecular flexibility index (Phi) is 5.87. The van der Waals surface area contributed by atoms with E-state index in [0.717, 1.165) is 18.6 Å². The lowest BCUT2D eigenvalue weighted by Gasteiger charge is -2.34. The van der Waals surface area contributed by atoms with Crippen molar-refractivity contribution in [1.82, 2.24) is 9.21 Å². The largest absolute Gasteiger partial charge is 0.490 e. The summed E-state index contributed by atoms with van der Waals surface area (Å²) in [5, 5.41) is 0. The Morgan fingerprint density at radius 3 is 2.10 bits per heavy atom. The first-order chi connectivity index (χ1) is 14.0. The van der Waals surface area contributed by atoms with Crippen molar-refractivity contribution in [2.45, 2.75) is 36.7 Å². The molecule has 7 heteroatoms. The van der Waals surface area contributed by atoms with Crippen LogP contribution in [0.2, 0.25) is 0 Å². The minimum atomic E-state index is -3.51. The lowest BCUT2D eigenvalue weighted by molar-refractivity contribution is 0.0698. The second-order valence-electron chi connectivity index (χ2n) is 7.56. The first-order valence-electron chi connectivity index (χ1n) is 10.2. The molecule has 0 aromatic heterocycles. The molecule has 1 amide bonds. The molecule has 0 bridgehead atoms. The molecule has 154 valence electrons. The molecule has 2 aromatic carbocycles. The number of hydrogen-bond acceptors (Lipinski definition) is 4. The molecule has 6 nitrogen and oxygen atoms in total. The third kappa shape index (κ3) is 4.46. The highest BCUT2D eigenvalue weighted by Crippen LogP contribution is 2.25. The predicted octanol–water partition coefficient (Wildman–Crippen LogP) is 3.15. The van der Waals surface area contributed by atoms with E-state index in [1.165, 1.54) is 17.1 Å². The van der Waals surface area contributed by atoms with Crippen LogP contribution in [-0.4, -0.2) is 55.8 Å². The van der Waals surface area contributed by atoms with Crippen molar-refractivity contribution in [3.05, 3.63) is 60.2 Å². The predicted molar refractivity (Wildman–Crippen MR) is 110 cm³/mol. The van der Waals surface area contributed by atoms with Gasteiger partial charge in [-0.2, -0.15) is 4.31 Å². The number of piperazine rings is 1. The van der Waals surface area contributed by atoms with Crippen molar-refractivity contribution < 1.29 is 17.9 Å². The third-order valence-electron chi connectivity index (χ3n) is 5.61. The van der Waals surface area contributed by atoms with Crippen molar-refractivity contribution in [3.8, 4) is 5.75 Å². The van der Waals surface area contributed by atoms with Gasteiger partial charge < -0.3 is 9.64 Å². The maximum Gasteiger partial charge on any atom is 0.253 e. The molecule has 4 rings (SSSR count). The Labute approximate surface area is 172 Å². The van der Waals surface area contributed by atoms with Gasteiger partial charge in [0.15, 0.2) is 0 Å². The lowest BCUT2D eigenvalue weighted by atomic mass is 10.1. The molecule has 1 saturated heterocycles. The first-order valence-corrected chi connectivity index (χ1v) is 11.6. The second kappa shape index (κ2) is 8.55. The normalized spacial score (nSPS) is 18.7. The number of carbonyl (C=O) groups is 1. The van der Waals surface area contributed by atoms with Gasteiger partial charge in [-0.25, -0.2) is 8.42 Å². The number of benzene rings is 2. The highest BCUT2D eigenvalue weighted by Gasteiger charge is 2.30. The molecule has 1 aliphatic heterocycles. The standard InChI is InChI=1S/C22H26N2O4S/c25-22(18-10-12-20(13-11-18)28-19-6-4-5-7-19)23-14-16-24(17-15-23)29(26,27)21-8-2-1-3-9-21/h1-3,8-13,19H,4-7,14-17H2. The zero-order valence-electron chi connectivity index (χ0n) is 16.4.